The van der Waals surface area contributed by atoms with Gasteiger partial charge in [-0.15, -0.1) is 0 Å². The van der Waals surface area contributed by atoms with E-state index in [4.69, 9.17) is 0 Å². The molecule has 0 saturated carbocycles. The van der Waals surface area contributed by atoms with Crippen molar-refractivity contribution in [2.45, 2.75) is 32.9 Å². The maximum absolute atomic E-state index is 10.4. The molecular weight excluding hydrogens is 198 g/mol. The third kappa shape index (κ3) is 2.76. The average Bonchev–Trinajstić information content (AvgIpc) is 2.51. The lowest BCUT2D eigenvalue weighted by atomic mass is 9.93. The molecule has 0 bridgehead atoms. The van der Waals surface area contributed by atoms with Crippen LogP contribution in [-0.4, -0.2) is 25.4 Å². The summed E-state index contributed by atoms with van der Waals surface area (Å²) in [6.45, 7) is 5.71. The van der Waals surface area contributed by atoms with Crippen LogP contribution in [0.3, 0.4) is 0 Å². The van der Waals surface area contributed by atoms with Gasteiger partial charge in [0.2, 0.25) is 0 Å². The van der Waals surface area contributed by atoms with Crippen LogP contribution in [0.15, 0.2) is 12.4 Å². The number of aliphatic hydroxyl groups is 1. The molecule has 1 N–H and O–H groups in total. The van der Waals surface area contributed by atoms with Crippen molar-refractivity contribution < 1.29 is 10.0 Å². The summed E-state index contributed by atoms with van der Waals surface area (Å²) in [5.41, 5.74) is -0.977. The summed E-state index contributed by atoms with van der Waals surface area (Å²) < 4.78 is 1.39. The van der Waals surface area contributed by atoms with E-state index in [9.17, 15) is 15.2 Å². The quantitative estimate of drug-likeness (QED) is 0.601. The first-order valence-electron chi connectivity index (χ1n) is 4.72. The van der Waals surface area contributed by atoms with E-state index in [0.717, 1.165) is 0 Å². The predicted octanol–water partition coefficient (Wildman–Crippen LogP) is 1.20. The zero-order valence-electron chi connectivity index (χ0n) is 9.04. The molecule has 1 unspecified atom stereocenters. The molecule has 0 spiro atoms. The highest BCUT2D eigenvalue weighted by Crippen LogP contribution is 2.19. The van der Waals surface area contributed by atoms with Gasteiger partial charge in [-0.1, -0.05) is 13.8 Å². The number of nitrogens with zero attached hydrogens (tertiary/aromatic N) is 3. The average molecular weight is 213 g/mol. The van der Waals surface area contributed by atoms with Gasteiger partial charge >= 0.3 is 5.69 Å². The summed E-state index contributed by atoms with van der Waals surface area (Å²) in [4.78, 5) is 9.90. The van der Waals surface area contributed by atoms with E-state index in [1.54, 1.807) is 6.92 Å². The van der Waals surface area contributed by atoms with Crippen molar-refractivity contribution in [3.8, 4) is 0 Å². The number of hydrogen-bond donors (Lipinski definition) is 1. The van der Waals surface area contributed by atoms with Gasteiger partial charge in [-0.05, 0) is 12.8 Å². The lowest BCUT2D eigenvalue weighted by Gasteiger charge is -2.27. The zero-order chi connectivity index (χ0) is 11.6. The first kappa shape index (κ1) is 11.6. The molecule has 0 aliphatic carbocycles. The van der Waals surface area contributed by atoms with E-state index in [1.165, 1.54) is 17.1 Å². The summed E-state index contributed by atoms with van der Waals surface area (Å²) in [5, 5.41) is 24.2. The zero-order valence-corrected chi connectivity index (χ0v) is 9.04. The minimum Gasteiger partial charge on any atom is -0.388 e. The fourth-order valence-corrected chi connectivity index (χ4v) is 1.04. The number of hydrogen-bond acceptors (Lipinski definition) is 4. The smallest absolute Gasteiger partial charge is 0.306 e. The highest BCUT2D eigenvalue weighted by atomic mass is 16.6. The minimum atomic E-state index is -0.917. The molecule has 0 aliphatic heterocycles. The molecule has 6 heteroatoms. The molecule has 1 heterocycles. The first-order chi connectivity index (χ1) is 6.83. The van der Waals surface area contributed by atoms with Crippen molar-refractivity contribution >= 4 is 5.69 Å². The van der Waals surface area contributed by atoms with Gasteiger partial charge in [0, 0.05) is 0 Å². The summed E-state index contributed by atoms with van der Waals surface area (Å²) >= 11 is 0. The van der Waals surface area contributed by atoms with Crippen molar-refractivity contribution in [2.24, 2.45) is 5.92 Å². The molecule has 84 valence electrons. The third-order valence-corrected chi connectivity index (χ3v) is 2.56. The SMILES string of the molecule is CC(C)C(C)(O)Cn1cc([N+](=O)[O-])cn1. The van der Waals surface area contributed by atoms with Gasteiger partial charge in [-0.25, -0.2) is 0 Å². The van der Waals surface area contributed by atoms with E-state index in [1.807, 2.05) is 13.8 Å². The monoisotopic (exact) mass is 213 g/mol. The molecular formula is C9H15N3O3. The van der Waals surface area contributed by atoms with E-state index in [2.05, 4.69) is 5.10 Å². The maximum Gasteiger partial charge on any atom is 0.306 e. The Labute approximate surface area is 87.7 Å². The molecule has 1 aromatic rings. The Hall–Kier alpha value is -1.43. The standard InChI is InChI=1S/C9H15N3O3/c1-7(2)9(3,13)6-11-5-8(4-10-11)12(14)15/h4-5,7,13H,6H2,1-3H3. The van der Waals surface area contributed by atoms with Crippen LogP contribution in [-0.2, 0) is 6.54 Å². The summed E-state index contributed by atoms with van der Waals surface area (Å²) in [6, 6.07) is 0. The van der Waals surface area contributed by atoms with Crippen LogP contribution < -0.4 is 0 Å². The number of rotatable bonds is 4. The highest BCUT2D eigenvalue weighted by molar-refractivity contribution is 5.20. The lowest BCUT2D eigenvalue weighted by molar-refractivity contribution is -0.385. The minimum absolute atomic E-state index is 0.0563. The second-order valence-corrected chi connectivity index (χ2v) is 4.17. The fourth-order valence-electron chi connectivity index (χ4n) is 1.04. The molecule has 0 amide bonds. The summed E-state index contributed by atoms with van der Waals surface area (Å²) in [7, 11) is 0. The highest BCUT2D eigenvalue weighted by Gasteiger charge is 2.26. The van der Waals surface area contributed by atoms with E-state index < -0.39 is 10.5 Å². The Kier molecular flexibility index (Phi) is 3.09. The largest absolute Gasteiger partial charge is 0.388 e. The van der Waals surface area contributed by atoms with Gasteiger partial charge in [-0.3, -0.25) is 14.8 Å². The molecule has 1 atom stereocenters. The fraction of sp³-hybridized carbons (Fsp3) is 0.667. The Bertz CT molecular complexity index is 357. The molecule has 0 radical (unpaired) electrons. The first-order valence-corrected chi connectivity index (χ1v) is 4.72. The van der Waals surface area contributed by atoms with Crippen molar-refractivity contribution in [1.29, 1.82) is 0 Å². The second-order valence-electron chi connectivity index (χ2n) is 4.17. The molecule has 0 aliphatic rings. The molecule has 15 heavy (non-hydrogen) atoms. The van der Waals surface area contributed by atoms with Crippen molar-refractivity contribution in [1.82, 2.24) is 9.78 Å². The molecule has 0 aromatic carbocycles. The Morgan fingerprint density at radius 2 is 2.33 bits per heavy atom. The third-order valence-electron chi connectivity index (χ3n) is 2.56. The van der Waals surface area contributed by atoms with Crippen LogP contribution in [0.1, 0.15) is 20.8 Å². The molecule has 0 saturated heterocycles. The van der Waals surface area contributed by atoms with Crippen molar-refractivity contribution in [3.05, 3.63) is 22.5 Å². The van der Waals surface area contributed by atoms with Gasteiger partial charge in [0.15, 0.2) is 0 Å². The van der Waals surface area contributed by atoms with E-state index >= 15 is 0 Å². The van der Waals surface area contributed by atoms with Gasteiger partial charge in [-0.2, -0.15) is 5.10 Å². The molecule has 0 fully saturated rings. The van der Waals surface area contributed by atoms with Crippen LogP contribution in [0.5, 0.6) is 0 Å². The van der Waals surface area contributed by atoms with E-state index in [-0.39, 0.29) is 18.2 Å². The Morgan fingerprint density at radius 1 is 1.73 bits per heavy atom. The number of aromatic nitrogens is 2. The van der Waals surface area contributed by atoms with Crippen LogP contribution in [0, 0.1) is 16.0 Å². The maximum atomic E-state index is 10.4. The van der Waals surface area contributed by atoms with Gasteiger partial charge in [0.1, 0.15) is 12.4 Å². The van der Waals surface area contributed by atoms with Gasteiger partial charge in [0.25, 0.3) is 0 Å². The normalized spacial score (nSPS) is 15.3. The lowest BCUT2D eigenvalue weighted by Crippen LogP contribution is -2.36. The van der Waals surface area contributed by atoms with Gasteiger partial charge < -0.3 is 5.11 Å². The van der Waals surface area contributed by atoms with Crippen molar-refractivity contribution in [2.75, 3.05) is 0 Å². The van der Waals surface area contributed by atoms with Crippen molar-refractivity contribution in [3.63, 3.8) is 0 Å². The molecule has 1 aromatic heterocycles. The second kappa shape index (κ2) is 3.98. The van der Waals surface area contributed by atoms with E-state index in [0.29, 0.717) is 0 Å². The Morgan fingerprint density at radius 3 is 2.73 bits per heavy atom. The Balaban J connectivity index is 2.77. The molecule has 1 rings (SSSR count). The molecule has 6 nitrogen and oxygen atoms in total. The topological polar surface area (TPSA) is 81.2 Å². The van der Waals surface area contributed by atoms with Crippen LogP contribution in [0.25, 0.3) is 0 Å². The predicted molar refractivity (Wildman–Crippen MR) is 54.3 cm³/mol. The van der Waals surface area contributed by atoms with Gasteiger partial charge in [0.05, 0.1) is 17.1 Å². The van der Waals surface area contributed by atoms with Crippen LogP contribution in [0.2, 0.25) is 0 Å². The summed E-state index contributed by atoms with van der Waals surface area (Å²) in [5.74, 6) is 0.0563. The van der Waals surface area contributed by atoms with Crippen LogP contribution in [0.4, 0.5) is 5.69 Å². The summed E-state index contributed by atoms with van der Waals surface area (Å²) in [6.07, 6.45) is 2.49. The number of nitro groups is 1. The van der Waals surface area contributed by atoms with Crippen LogP contribution >= 0.6 is 0 Å².